The minimum Gasteiger partial charge on any atom is -0.372 e. The van der Waals surface area contributed by atoms with E-state index in [0.29, 0.717) is 10.6 Å². The average Bonchev–Trinajstić information content (AvgIpc) is 3.03. The first kappa shape index (κ1) is 17.0. The third-order valence-electron chi connectivity index (χ3n) is 3.93. The highest BCUT2D eigenvalue weighted by Gasteiger charge is 2.07. The highest BCUT2D eigenvalue weighted by atomic mass is 32.1. The van der Waals surface area contributed by atoms with E-state index < -0.39 is 0 Å². The molecule has 6 nitrogen and oxygen atoms in total. The van der Waals surface area contributed by atoms with Gasteiger partial charge < -0.3 is 4.90 Å². The summed E-state index contributed by atoms with van der Waals surface area (Å²) in [7, 11) is 0. The lowest BCUT2D eigenvalue weighted by Crippen LogP contribution is -2.21. The summed E-state index contributed by atoms with van der Waals surface area (Å²) < 4.78 is 2.06. The van der Waals surface area contributed by atoms with Crippen molar-refractivity contribution in [3.63, 3.8) is 0 Å². The fourth-order valence-corrected chi connectivity index (χ4v) is 2.75. The fourth-order valence-electron chi connectivity index (χ4n) is 2.57. The first-order valence-electron chi connectivity index (χ1n) is 8.20. The van der Waals surface area contributed by atoms with Gasteiger partial charge in [-0.15, -0.1) is 0 Å². The van der Waals surface area contributed by atoms with Gasteiger partial charge >= 0.3 is 0 Å². The van der Waals surface area contributed by atoms with Gasteiger partial charge in [-0.2, -0.15) is 14.9 Å². The van der Waals surface area contributed by atoms with Crippen molar-refractivity contribution >= 4 is 24.1 Å². The summed E-state index contributed by atoms with van der Waals surface area (Å²) in [5.41, 5.74) is 3.11. The summed E-state index contributed by atoms with van der Waals surface area (Å²) >= 11 is 5.28. The Morgan fingerprint density at radius 2 is 1.80 bits per heavy atom. The molecule has 2 aromatic heterocycles. The Kier molecular flexibility index (Phi) is 5.35. The molecule has 0 amide bonds. The van der Waals surface area contributed by atoms with Crippen molar-refractivity contribution in [1.82, 2.24) is 19.9 Å². The molecular formula is C18H20N6S. The molecule has 0 radical (unpaired) electrons. The van der Waals surface area contributed by atoms with Crippen LogP contribution in [0.4, 0.5) is 5.69 Å². The lowest BCUT2D eigenvalue weighted by molar-refractivity contribution is 0.865. The zero-order valence-electron chi connectivity index (χ0n) is 14.3. The molecule has 0 saturated carbocycles. The second-order valence-electron chi connectivity index (χ2n) is 5.41. The lowest BCUT2D eigenvalue weighted by Gasteiger charge is -2.20. The van der Waals surface area contributed by atoms with E-state index in [9.17, 15) is 0 Å². The van der Waals surface area contributed by atoms with Crippen LogP contribution in [-0.4, -0.2) is 39.2 Å². The Morgan fingerprint density at radius 3 is 2.44 bits per heavy atom. The van der Waals surface area contributed by atoms with Crippen molar-refractivity contribution in [3.8, 4) is 11.4 Å². The summed E-state index contributed by atoms with van der Waals surface area (Å²) in [5, 5.41) is 11.5. The molecular weight excluding hydrogens is 332 g/mol. The molecule has 0 bridgehead atoms. The first-order valence-corrected chi connectivity index (χ1v) is 8.61. The van der Waals surface area contributed by atoms with Crippen LogP contribution in [0.5, 0.6) is 0 Å². The van der Waals surface area contributed by atoms with Gasteiger partial charge in [0, 0.05) is 36.7 Å². The van der Waals surface area contributed by atoms with Gasteiger partial charge in [-0.05, 0) is 55.9 Å². The Hall–Kier alpha value is -2.80. The average molecular weight is 352 g/mol. The second kappa shape index (κ2) is 7.85. The van der Waals surface area contributed by atoms with Crippen LogP contribution in [-0.2, 0) is 0 Å². The van der Waals surface area contributed by atoms with Crippen molar-refractivity contribution in [2.75, 3.05) is 18.0 Å². The minimum atomic E-state index is 0.447. The maximum absolute atomic E-state index is 5.28. The van der Waals surface area contributed by atoms with Crippen molar-refractivity contribution in [3.05, 3.63) is 59.1 Å². The number of rotatable bonds is 6. The summed E-state index contributed by atoms with van der Waals surface area (Å²) in [6.07, 6.45) is 5.21. The van der Waals surface area contributed by atoms with Crippen LogP contribution in [0.3, 0.4) is 0 Å². The van der Waals surface area contributed by atoms with Crippen LogP contribution in [0.2, 0.25) is 0 Å². The first-order chi connectivity index (χ1) is 12.2. The number of nitrogens with zero attached hydrogens (tertiary/aromatic N) is 5. The van der Waals surface area contributed by atoms with Crippen LogP contribution in [0, 0.1) is 4.77 Å². The van der Waals surface area contributed by atoms with Gasteiger partial charge in [-0.1, -0.05) is 12.1 Å². The molecule has 2 heterocycles. The van der Waals surface area contributed by atoms with Crippen LogP contribution >= 0.6 is 12.2 Å². The second-order valence-corrected chi connectivity index (χ2v) is 5.80. The van der Waals surface area contributed by atoms with Gasteiger partial charge in [-0.25, -0.2) is 5.10 Å². The van der Waals surface area contributed by atoms with E-state index in [-0.39, 0.29) is 0 Å². The van der Waals surface area contributed by atoms with Crippen molar-refractivity contribution in [1.29, 1.82) is 0 Å². The van der Waals surface area contributed by atoms with Crippen molar-refractivity contribution in [2.24, 2.45) is 5.10 Å². The fraction of sp³-hybridized carbons (Fsp3) is 0.222. The van der Waals surface area contributed by atoms with Gasteiger partial charge in [0.15, 0.2) is 5.82 Å². The molecule has 0 fully saturated rings. The molecule has 0 aliphatic carbocycles. The predicted molar refractivity (Wildman–Crippen MR) is 104 cm³/mol. The molecule has 0 aliphatic heterocycles. The molecule has 0 saturated heterocycles. The zero-order chi connectivity index (χ0) is 17.6. The molecule has 0 spiro atoms. The molecule has 3 aromatic rings. The maximum Gasteiger partial charge on any atom is 0.216 e. The van der Waals surface area contributed by atoms with E-state index in [1.165, 1.54) is 5.69 Å². The van der Waals surface area contributed by atoms with Gasteiger partial charge in [0.2, 0.25) is 4.77 Å². The monoisotopic (exact) mass is 352 g/mol. The van der Waals surface area contributed by atoms with Crippen molar-refractivity contribution < 1.29 is 0 Å². The van der Waals surface area contributed by atoms with E-state index >= 15 is 0 Å². The molecule has 3 rings (SSSR count). The van der Waals surface area contributed by atoms with Crippen LogP contribution in [0.15, 0.2) is 53.9 Å². The van der Waals surface area contributed by atoms with E-state index in [0.717, 1.165) is 24.2 Å². The molecule has 1 N–H and O–H groups in total. The largest absolute Gasteiger partial charge is 0.372 e. The molecule has 7 heteroatoms. The lowest BCUT2D eigenvalue weighted by atomic mass is 10.2. The maximum atomic E-state index is 5.28. The predicted octanol–water partition coefficient (Wildman–Crippen LogP) is 3.73. The summed E-state index contributed by atoms with van der Waals surface area (Å²) in [5.74, 6) is 0.656. The summed E-state index contributed by atoms with van der Waals surface area (Å²) in [4.78, 5) is 6.32. The Morgan fingerprint density at radius 1 is 1.12 bits per heavy atom. The van der Waals surface area contributed by atoms with Gasteiger partial charge in [0.05, 0.1) is 6.21 Å². The van der Waals surface area contributed by atoms with Crippen molar-refractivity contribution in [2.45, 2.75) is 13.8 Å². The number of aromatic nitrogens is 4. The number of nitrogens with one attached hydrogen (secondary N) is 1. The highest BCUT2D eigenvalue weighted by molar-refractivity contribution is 7.71. The quantitative estimate of drug-likeness (QED) is 0.542. The minimum absolute atomic E-state index is 0.447. The zero-order valence-corrected chi connectivity index (χ0v) is 15.1. The van der Waals surface area contributed by atoms with E-state index in [2.05, 4.69) is 51.2 Å². The third kappa shape index (κ3) is 3.83. The standard InChI is InChI=1S/C18H20N6S/c1-3-23(4-2)16-7-5-14(6-8-16)13-20-24-17(21-22-18(24)25)15-9-11-19-12-10-15/h5-13H,3-4H2,1-2H3,(H,22,25)/b20-13+. The molecule has 0 aliphatic rings. The van der Waals surface area contributed by atoms with Gasteiger partial charge in [0.1, 0.15) is 0 Å². The van der Waals surface area contributed by atoms with Gasteiger partial charge in [0.25, 0.3) is 0 Å². The molecule has 25 heavy (non-hydrogen) atoms. The number of aromatic amines is 1. The van der Waals surface area contributed by atoms with Crippen LogP contribution < -0.4 is 4.90 Å². The van der Waals surface area contributed by atoms with E-state index in [1.807, 2.05) is 24.3 Å². The SMILES string of the molecule is CCN(CC)c1ccc(/C=N/n2c(-c3ccncc3)n[nH]c2=S)cc1. The van der Waals surface area contributed by atoms with E-state index in [1.54, 1.807) is 23.3 Å². The number of benzene rings is 1. The molecule has 128 valence electrons. The number of pyridine rings is 1. The van der Waals surface area contributed by atoms with Gasteiger partial charge in [-0.3, -0.25) is 4.98 Å². The normalized spacial score (nSPS) is 11.1. The number of anilines is 1. The highest BCUT2D eigenvalue weighted by Crippen LogP contribution is 2.17. The topological polar surface area (TPSA) is 62.1 Å². The number of hydrogen-bond donors (Lipinski definition) is 1. The molecule has 1 aromatic carbocycles. The number of H-pyrrole nitrogens is 1. The Labute approximate surface area is 151 Å². The summed E-state index contributed by atoms with van der Waals surface area (Å²) in [6, 6.07) is 12.0. The van der Waals surface area contributed by atoms with Crippen LogP contribution in [0.1, 0.15) is 19.4 Å². The van der Waals surface area contributed by atoms with E-state index in [4.69, 9.17) is 12.2 Å². The Balaban J connectivity index is 1.86. The third-order valence-corrected chi connectivity index (χ3v) is 4.20. The Bertz CT molecular complexity index is 891. The summed E-state index contributed by atoms with van der Waals surface area (Å²) in [6.45, 7) is 6.28. The smallest absolute Gasteiger partial charge is 0.216 e. The molecule has 0 atom stereocenters. The number of hydrogen-bond acceptors (Lipinski definition) is 5. The van der Waals surface area contributed by atoms with Crippen LogP contribution in [0.25, 0.3) is 11.4 Å². The molecule has 0 unspecified atom stereocenters.